The maximum atomic E-state index is 12.8. The summed E-state index contributed by atoms with van der Waals surface area (Å²) in [6.07, 6.45) is 2.37. The summed E-state index contributed by atoms with van der Waals surface area (Å²) in [5.41, 5.74) is 0.275. The molecule has 31 heavy (non-hydrogen) atoms. The van der Waals surface area contributed by atoms with Crippen LogP contribution in [0.4, 0.5) is 10.5 Å². The van der Waals surface area contributed by atoms with Gasteiger partial charge in [0.05, 0.1) is 5.69 Å². The molecule has 0 bridgehead atoms. The molecule has 0 unspecified atom stereocenters. The number of nitrogens with one attached hydrogen (secondary N) is 1. The van der Waals surface area contributed by atoms with E-state index >= 15 is 0 Å². The Morgan fingerprint density at radius 2 is 1.94 bits per heavy atom. The molecule has 0 saturated heterocycles. The van der Waals surface area contributed by atoms with E-state index in [1.54, 1.807) is 58.2 Å². The number of nitrogens with zero attached hydrogens (tertiary/aromatic N) is 2. The Morgan fingerprint density at radius 3 is 2.61 bits per heavy atom. The summed E-state index contributed by atoms with van der Waals surface area (Å²) in [5.74, 6) is 0.300. The fourth-order valence-corrected chi connectivity index (χ4v) is 2.89. The number of aromatic nitrogens is 1. The first kappa shape index (κ1) is 22.1. The number of hydrogen-bond acceptors (Lipinski definition) is 7. The fraction of sp³-hybridized carbons (Fsp3) is 0.364. The Bertz CT molecular complexity index is 971. The van der Waals surface area contributed by atoms with E-state index in [9.17, 15) is 14.4 Å². The minimum atomic E-state index is -0.912. The van der Waals surface area contributed by atoms with Crippen LogP contribution in [0.5, 0.6) is 11.5 Å². The number of alkyl carbamates (subject to hydrolysis) is 1. The van der Waals surface area contributed by atoms with Gasteiger partial charge in [-0.25, -0.2) is 4.79 Å². The minimum absolute atomic E-state index is 0.0455. The molecule has 1 aliphatic heterocycles. The monoisotopic (exact) mass is 427 g/mol. The number of carbonyl (C=O) groups is 3. The van der Waals surface area contributed by atoms with E-state index in [1.807, 2.05) is 0 Å². The van der Waals surface area contributed by atoms with Gasteiger partial charge in [-0.05, 0) is 45.0 Å². The minimum Gasteiger partial charge on any atom is -0.489 e. The Morgan fingerprint density at radius 1 is 1.23 bits per heavy atom. The van der Waals surface area contributed by atoms with Gasteiger partial charge in [-0.2, -0.15) is 0 Å². The highest BCUT2D eigenvalue weighted by Gasteiger charge is 2.32. The molecular formula is C22H25N3O6. The molecule has 0 spiro atoms. The van der Waals surface area contributed by atoms with Crippen molar-refractivity contribution in [3.63, 3.8) is 0 Å². The second kappa shape index (κ2) is 9.03. The van der Waals surface area contributed by atoms with Gasteiger partial charge in [0.15, 0.2) is 12.4 Å². The quantitative estimate of drug-likeness (QED) is 0.731. The number of amides is 2. The molecule has 3 rings (SSSR count). The maximum Gasteiger partial charge on any atom is 0.408 e. The molecule has 9 nitrogen and oxygen atoms in total. The second-order valence-electron chi connectivity index (χ2n) is 7.98. The first-order valence-electron chi connectivity index (χ1n) is 9.74. The predicted octanol–water partition coefficient (Wildman–Crippen LogP) is 2.59. The van der Waals surface area contributed by atoms with Gasteiger partial charge in [-0.1, -0.05) is 0 Å². The summed E-state index contributed by atoms with van der Waals surface area (Å²) in [6, 6.07) is 7.23. The van der Waals surface area contributed by atoms with Gasteiger partial charge in [0.25, 0.3) is 5.91 Å². The van der Waals surface area contributed by atoms with E-state index < -0.39 is 17.7 Å². The third kappa shape index (κ3) is 5.71. The van der Waals surface area contributed by atoms with E-state index in [2.05, 4.69) is 10.3 Å². The molecule has 1 aromatic heterocycles. The van der Waals surface area contributed by atoms with Crippen LogP contribution < -0.4 is 19.7 Å². The standard InChI is InChI=1S/C22H25N3O6/c1-22(2,3)31-21(28)24-16-12-30-19-6-5-15(11-17(19)25(4)20(16)27)29-13-18(26)14-7-9-23-10-8-14/h5-11,16H,12-13H2,1-4H3,(H,24,28)/t16-/m0/s1. The second-order valence-corrected chi connectivity index (χ2v) is 7.98. The number of carbonyl (C=O) groups excluding carboxylic acids is 3. The lowest BCUT2D eigenvalue weighted by molar-refractivity contribution is -0.120. The Kier molecular flexibility index (Phi) is 6.43. The van der Waals surface area contributed by atoms with Crippen LogP contribution in [0.3, 0.4) is 0 Å². The van der Waals surface area contributed by atoms with E-state index in [4.69, 9.17) is 14.2 Å². The largest absolute Gasteiger partial charge is 0.489 e. The Hall–Kier alpha value is -3.62. The number of ether oxygens (including phenoxy) is 3. The number of benzene rings is 1. The molecule has 1 aliphatic rings. The van der Waals surface area contributed by atoms with Crippen molar-refractivity contribution >= 4 is 23.5 Å². The molecule has 1 aromatic carbocycles. The Labute approximate surface area is 180 Å². The Balaban J connectivity index is 1.68. The molecule has 164 valence electrons. The normalized spacial score (nSPS) is 15.9. The number of anilines is 1. The first-order valence-corrected chi connectivity index (χ1v) is 9.74. The predicted molar refractivity (Wildman–Crippen MR) is 113 cm³/mol. The highest BCUT2D eigenvalue weighted by atomic mass is 16.6. The summed E-state index contributed by atoms with van der Waals surface area (Å²) >= 11 is 0. The van der Waals surface area contributed by atoms with Crippen molar-refractivity contribution in [2.75, 3.05) is 25.2 Å². The molecular weight excluding hydrogens is 402 g/mol. The molecule has 1 N–H and O–H groups in total. The zero-order chi connectivity index (χ0) is 22.6. The number of likely N-dealkylation sites (N-methyl/N-ethyl adjacent to an activating group) is 1. The van der Waals surface area contributed by atoms with Crippen molar-refractivity contribution in [2.45, 2.75) is 32.4 Å². The summed E-state index contributed by atoms with van der Waals surface area (Å²) in [7, 11) is 1.57. The number of fused-ring (bicyclic) bond motifs is 1. The summed E-state index contributed by atoms with van der Waals surface area (Å²) < 4.78 is 16.5. The lowest BCUT2D eigenvalue weighted by Gasteiger charge is -2.23. The van der Waals surface area contributed by atoms with Gasteiger partial charge >= 0.3 is 6.09 Å². The number of pyridine rings is 1. The van der Waals surface area contributed by atoms with Gasteiger partial charge in [0.2, 0.25) is 0 Å². The number of hydrogen-bond donors (Lipinski definition) is 1. The number of ketones is 1. The van der Waals surface area contributed by atoms with Gasteiger partial charge in [0.1, 0.15) is 29.7 Å². The van der Waals surface area contributed by atoms with Gasteiger partial charge in [-0.15, -0.1) is 0 Å². The molecule has 0 fully saturated rings. The molecule has 2 heterocycles. The van der Waals surface area contributed by atoms with Gasteiger partial charge < -0.3 is 24.4 Å². The maximum absolute atomic E-state index is 12.8. The third-order valence-corrected chi connectivity index (χ3v) is 4.39. The van der Waals surface area contributed by atoms with E-state index in [1.165, 1.54) is 17.3 Å². The zero-order valence-electron chi connectivity index (χ0n) is 17.9. The smallest absolute Gasteiger partial charge is 0.408 e. The van der Waals surface area contributed by atoms with Crippen LogP contribution in [-0.2, 0) is 9.53 Å². The number of Topliss-reactive ketones (excluding diaryl/α,β-unsaturated/α-hetero) is 1. The van der Waals surface area contributed by atoms with Crippen molar-refractivity contribution in [3.05, 3.63) is 48.3 Å². The SMILES string of the molecule is CN1C(=O)[C@@H](NC(=O)OC(C)(C)C)COc2ccc(OCC(=O)c3ccncc3)cc21. The van der Waals surface area contributed by atoms with Gasteiger partial charge in [0, 0.05) is 31.1 Å². The van der Waals surface area contributed by atoms with Crippen molar-refractivity contribution in [1.29, 1.82) is 0 Å². The third-order valence-electron chi connectivity index (χ3n) is 4.39. The van der Waals surface area contributed by atoms with Crippen LogP contribution in [-0.4, -0.2) is 54.7 Å². The summed E-state index contributed by atoms with van der Waals surface area (Å²) in [6.45, 7) is 5.00. The molecule has 0 radical (unpaired) electrons. The number of rotatable bonds is 5. The molecule has 1 atom stereocenters. The van der Waals surface area contributed by atoms with E-state index in [-0.39, 0.29) is 24.9 Å². The molecule has 2 amide bonds. The first-order chi connectivity index (χ1) is 14.6. The van der Waals surface area contributed by atoms with Crippen LogP contribution >= 0.6 is 0 Å². The average molecular weight is 427 g/mol. The van der Waals surface area contributed by atoms with Crippen LogP contribution in [0.25, 0.3) is 0 Å². The zero-order valence-corrected chi connectivity index (χ0v) is 17.9. The van der Waals surface area contributed by atoms with Crippen molar-refractivity contribution in [3.8, 4) is 11.5 Å². The summed E-state index contributed by atoms with van der Waals surface area (Å²) in [4.78, 5) is 42.4. The van der Waals surface area contributed by atoms with Gasteiger partial charge in [-0.3, -0.25) is 14.6 Å². The topological polar surface area (TPSA) is 107 Å². The molecule has 0 saturated carbocycles. The fourth-order valence-electron chi connectivity index (χ4n) is 2.89. The lowest BCUT2D eigenvalue weighted by Crippen LogP contribution is -2.50. The van der Waals surface area contributed by atoms with Crippen molar-refractivity contribution < 1.29 is 28.6 Å². The summed E-state index contributed by atoms with van der Waals surface area (Å²) in [5, 5.41) is 2.54. The highest BCUT2D eigenvalue weighted by molar-refractivity contribution is 6.00. The van der Waals surface area contributed by atoms with E-state index in [0.717, 1.165) is 0 Å². The van der Waals surface area contributed by atoms with Crippen LogP contribution in [0.2, 0.25) is 0 Å². The van der Waals surface area contributed by atoms with Crippen molar-refractivity contribution in [1.82, 2.24) is 10.3 Å². The molecule has 9 heteroatoms. The van der Waals surface area contributed by atoms with Crippen molar-refractivity contribution in [2.24, 2.45) is 0 Å². The highest BCUT2D eigenvalue weighted by Crippen LogP contribution is 2.34. The van der Waals surface area contributed by atoms with Crippen LogP contribution in [0, 0.1) is 0 Å². The molecule has 0 aliphatic carbocycles. The van der Waals surface area contributed by atoms with Crippen LogP contribution in [0.1, 0.15) is 31.1 Å². The molecule has 2 aromatic rings. The lowest BCUT2D eigenvalue weighted by atomic mass is 10.2. The van der Waals surface area contributed by atoms with E-state index in [0.29, 0.717) is 22.7 Å². The van der Waals surface area contributed by atoms with Crippen LogP contribution in [0.15, 0.2) is 42.7 Å². The average Bonchev–Trinajstić information content (AvgIpc) is 2.83.